The van der Waals surface area contributed by atoms with Crippen molar-refractivity contribution in [1.82, 2.24) is 10.6 Å². The van der Waals surface area contributed by atoms with Gasteiger partial charge < -0.3 is 25.2 Å². The zero-order valence-electron chi connectivity index (χ0n) is 19.4. The number of fused-ring (bicyclic) bond motifs is 3. The Kier molecular flexibility index (Phi) is 6.72. The summed E-state index contributed by atoms with van der Waals surface area (Å²) in [5.74, 6) is -0.955. The summed E-state index contributed by atoms with van der Waals surface area (Å²) in [5, 5.41) is 14.7. The summed E-state index contributed by atoms with van der Waals surface area (Å²) < 4.78 is 11.2. The number of rotatable bonds is 9. The molecular weight excluding hydrogens is 448 g/mol. The number of ether oxygens (including phenoxy) is 2. The molecule has 35 heavy (non-hydrogen) atoms. The minimum atomic E-state index is -0.858. The molecule has 0 spiro atoms. The number of carboxylic acids is 1. The van der Waals surface area contributed by atoms with E-state index in [-0.39, 0.29) is 30.8 Å². The molecule has 0 aromatic heterocycles. The molecule has 8 nitrogen and oxygen atoms in total. The molecule has 5 rings (SSSR count). The number of benzene rings is 2. The third kappa shape index (κ3) is 5.17. The van der Waals surface area contributed by atoms with E-state index in [4.69, 9.17) is 14.6 Å². The maximum absolute atomic E-state index is 12.7. The number of amides is 2. The number of aliphatic carboxylic acids is 1. The molecule has 0 radical (unpaired) electrons. The second-order valence-corrected chi connectivity index (χ2v) is 9.60. The predicted octanol–water partition coefficient (Wildman–Crippen LogP) is 3.30. The Bertz CT molecular complexity index is 1070. The van der Waals surface area contributed by atoms with Crippen molar-refractivity contribution in [2.45, 2.75) is 43.7 Å². The number of carbonyl (C=O) groups excluding carboxylic acids is 2. The zero-order chi connectivity index (χ0) is 24.4. The van der Waals surface area contributed by atoms with Crippen molar-refractivity contribution in [2.24, 2.45) is 11.8 Å². The van der Waals surface area contributed by atoms with E-state index < -0.39 is 24.2 Å². The number of alkyl carbamates (subject to hydrolysis) is 1. The van der Waals surface area contributed by atoms with Crippen LogP contribution in [0.4, 0.5) is 4.79 Å². The highest BCUT2D eigenvalue weighted by Crippen LogP contribution is 2.44. The van der Waals surface area contributed by atoms with Crippen molar-refractivity contribution >= 4 is 18.0 Å². The van der Waals surface area contributed by atoms with Gasteiger partial charge in [-0.25, -0.2) is 4.79 Å². The lowest BCUT2D eigenvalue weighted by Crippen LogP contribution is -2.49. The van der Waals surface area contributed by atoms with Crippen LogP contribution in [0.5, 0.6) is 0 Å². The number of hydrogen-bond donors (Lipinski definition) is 3. The monoisotopic (exact) mass is 478 g/mol. The van der Waals surface area contributed by atoms with Crippen LogP contribution in [0.15, 0.2) is 48.5 Å². The van der Waals surface area contributed by atoms with Gasteiger partial charge >= 0.3 is 12.1 Å². The molecule has 1 heterocycles. The summed E-state index contributed by atoms with van der Waals surface area (Å²) in [4.78, 5) is 36.5. The lowest BCUT2D eigenvalue weighted by atomic mass is 9.98. The normalized spacial score (nSPS) is 21.6. The molecular formula is C27H30N2O6. The Hall–Kier alpha value is -3.39. The summed E-state index contributed by atoms with van der Waals surface area (Å²) in [6.45, 7) is 0.851. The first-order valence-electron chi connectivity index (χ1n) is 12.2. The summed E-state index contributed by atoms with van der Waals surface area (Å²) in [6, 6.07) is 15.8. The minimum absolute atomic E-state index is 0.0396. The van der Waals surface area contributed by atoms with Crippen LogP contribution in [0, 0.1) is 11.8 Å². The fraction of sp³-hybridized carbons (Fsp3) is 0.444. The van der Waals surface area contributed by atoms with Crippen LogP contribution in [0.1, 0.15) is 42.7 Å². The summed E-state index contributed by atoms with van der Waals surface area (Å²) >= 11 is 0. The molecule has 1 saturated carbocycles. The first-order chi connectivity index (χ1) is 17.0. The van der Waals surface area contributed by atoms with Gasteiger partial charge in [0.15, 0.2) is 6.10 Å². The van der Waals surface area contributed by atoms with Crippen LogP contribution in [-0.2, 0) is 19.1 Å². The topological polar surface area (TPSA) is 114 Å². The molecule has 3 atom stereocenters. The van der Waals surface area contributed by atoms with Gasteiger partial charge in [0.2, 0.25) is 0 Å². The quantitative estimate of drug-likeness (QED) is 0.510. The Morgan fingerprint density at radius 2 is 1.66 bits per heavy atom. The second-order valence-electron chi connectivity index (χ2n) is 9.60. The lowest BCUT2D eigenvalue weighted by Gasteiger charge is -2.22. The third-order valence-electron chi connectivity index (χ3n) is 7.26. The Morgan fingerprint density at radius 1 is 1.00 bits per heavy atom. The van der Waals surface area contributed by atoms with Crippen LogP contribution >= 0.6 is 0 Å². The number of nitrogens with one attached hydrogen (secondary N) is 2. The van der Waals surface area contributed by atoms with E-state index >= 15 is 0 Å². The van der Waals surface area contributed by atoms with Gasteiger partial charge in [-0.05, 0) is 53.4 Å². The van der Waals surface area contributed by atoms with Gasteiger partial charge in [-0.3, -0.25) is 9.59 Å². The van der Waals surface area contributed by atoms with E-state index in [1.165, 1.54) is 0 Å². The van der Waals surface area contributed by atoms with Crippen LogP contribution in [-0.4, -0.2) is 55.0 Å². The van der Waals surface area contributed by atoms with Crippen molar-refractivity contribution in [1.29, 1.82) is 0 Å². The average molecular weight is 479 g/mol. The Balaban J connectivity index is 1.15. The van der Waals surface area contributed by atoms with E-state index in [9.17, 15) is 14.4 Å². The van der Waals surface area contributed by atoms with Crippen LogP contribution in [0.25, 0.3) is 11.1 Å². The van der Waals surface area contributed by atoms with Gasteiger partial charge in [-0.15, -0.1) is 0 Å². The third-order valence-corrected chi connectivity index (χ3v) is 7.26. The van der Waals surface area contributed by atoms with E-state index in [1.807, 2.05) is 24.3 Å². The number of hydrogen-bond acceptors (Lipinski definition) is 5. The highest BCUT2D eigenvalue weighted by atomic mass is 16.6. The average Bonchev–Trinajstić information content (AvgIpc) is 3.52. The molecule has 2 amide bonds. The second kappa shape index (κ2) is 10.1. The van der Waals surface area contributed by atoms with Crippen molar-refractivity contribution in [3.8, 4) is 11.1 Å². The molecule has 8 heteroatoms. The van der Waals surface area contributed by atoms with Crippen LogP contribution in [0.2, 0.25) is 0 Å². The molecule has 2 fully saturated rings. The van der Waals surface area contributed by atoms with Crippen molar-refractivity contribution in [3.63, 3.8) is 0 Å². The maximum Gasteiger partial charge on any atom is 0.407 e. The highest BCUT2D eigenvalue weighted by molar-refractivity contribution is 5.83. The fourth-order valence-corrected chi connectivity index (χ4v) is 5.32. The van der Waals surface area contributed by atoms with E-state index in [2.05, 4.69) is 34.9 Å². The van der Waals surface area contributed by atoms with Crippen molar-refractivity contribution in [3.05, 3.63) is 59.7 Å². The molecule has 1 saturated heterocycles. The van der Waals surface area contributed by atoms with Crippen LogP contribution in [0.3, 0.4) is 0 Å². The molecule has 3 N–H and O–H groups in total. The lowest BCUT2D eigenvalue weighted by molar-refractivity contribution is -0.139. The maximum atomic E-state index is 12.7. The molecule has 2 aliphatic carbocycles. The van der Waals surface area contributed by atoms with Gasteiger partial charge in [0.05, 0.1) is 12.5 Å². The molecule has 0 bridgehead atoms. The standard InChI is InChI=1S/C27H30N2O6/c30-24(31)13-17(16-9-10-16)14-28-26(32)25-23(11-12-34-25)29-27(33)35-15-22-20-7-3-1-5-18(20)19-6-2-4-8-21(19)22/h1-8,16-17,22-23,25H,9-15H2,(H,28,32)(H,29,33)(H,30,31)/t17?,23-,25+/m0/s1. The van der Waals surface area contributed by atoms with Gasteiger partial charge in [0.1, 0.15) is 6.61 Å². The predicted molar refractivity (Wildman–Crippen MR) is 128 cm³/mol. The smallest absolute Gasteiger partial charge is 0.407 e. The molecule has 1 unspecified atom stereocenters. The first-order valence-corrected chi connectivity index (χ1v) is 12.2. The first kappa shape index (κ1) is 23.4. The van der Waals surface area contributed by atoms with Gasteiger partial charge in [-0.1, -0.05) is 48.5 Å². The van der Waals surface area contributed by atoms with Crippen LogP contribution < -0.4 is 10.6 Å². The highest BCUT2D eigenvalue weighted by Gasteiger charge is 2.38. The van der Waals surface area contributed by atoms with Crippen molar-refractivity contribution < 1.29 is 29.0 Å². The number of carboxylic acid groups (broad SMARTS) is 1. The summed E-state index contributed by atoms with van der Waals surface area (Å²) in [5.41, 5.74) is 4.58. The summed E-state index contributed by atoms with van der Waals surface area (Å²) in [6.07, 6.45) is 1.14. The van der Waals surface area contributed by atoms with Crippen molar-refractivity contribution in [2.75, 3.05) is 19.8 Å². The molecule has 3 aliphatic rings. The molecule has 2 aromatic rings. The fourth-order valence-electron chi connectivity index (χ4n) is 5.32. The van der Waals surface area contributed by atoms with E-state index in [0.29, 0.717) is 25.5 Å². The zero-order valence-corrected chi connectivity index (χ0v) is 19.4. The van der Waals surface area contributed by atoms with Gasteiger partial charge in [0.25, 0.3) is 5.91 Å². The van der Waals surface area contributed by atoms with E-state index in [0.717, 1.165) is 35.1 Å². The SMILES string of the molecule is O=C(O)CC(CNC(=O)[C@@H]1OCC[C@@H]1NC(=O)OCC1c2ccccc2-c2ccccc21)C1CC1. The minimum Gasteiger partial charge on any atom is -0.481 e. The Labute approximate surface area is 204 Å². The van der Waals surface area contributed by atoms with Gasteiger partial charge in [0, 0.05) is 19.1 Å². The number of carbonyl (C=O) groups is 3. The van der Waals surface area contributed by atoms with E-state index in [1.54, 1.807) is 0 Å². The Morgan fingerprint density at radius 3 is 2.29 bits per heavy atom. The molecule has 1 aliphatic heterocycles. The largest absolute Gasteiger partial charge is 0.481 e. The molecule has 184 valence electrons. The summed E-state index contributed by atoms with van der Waals surface area (Å²) in [7, 11) is 0. The van der Waals surface area contributed by atoms with Gasteiger partial charge in [-0.2, -0.15) is 0 Å². The molecule has 2 aromatic carbocycles.